The maximum absolute atomic E-state index is 13.0. The SMILES string of the molecule is O=C(O)CC1CCCc2sccc2/C1=N/Nc1ccc(F)cc1. The molecule has 1 aromatic heterocycles. The summed E-state index contributed by atoms with van der Waals surface area (Å²) in [6.07, 6.45) is 2.79. The summed E-state index contributed by atoms with van der Waals surface area (Å²) in [5, 5.41) is 15.7. The molecule has 1 atom stereocenters. The van der Waals surface area contributed by atoms with Crippen molar-refractivity contribution < 1.29 is 14.3 Å². The van der Waals surface area contributed by atoms with Crippen LogP contribution in [0.5, 0.6) is 0 Å². The zero-order valence-corrected chi connectivity index (χ0v) is 13.3. The number of carbonyl (C=O) groups is 1. The van der Waals surface area contributed by atoms with Crippen LogP contribution in [0.4, 0.5) is 10.1 Å². The predicted octanol–water partition coefficient (Wildman–Crippen LogP) is 4.13. The number of hydrogen-bond donors (Lipinski definition) is 2. The molecule has 1 aliphatic carbocycles. The number of hydrazone groups is 1. The Labute approximate surface area is 137 Å². The van der Waals surface area contributed by atoms with E-state index in [0.29, 0.717) is 5.69 Å². The van der Waals surface area contributed by atoms with Gasteiger partial charge >= 0.3 is 5.97 Å². The third kappa shape index (κ3) is 3.76. The Bertz CT molecular complexity index is 724. The molecule has 0 spiro atoms. The number of fused-ring (bicyclic) bond motifs is 1. The zero-order chi connectivity index (χ0) is 16.2. The van der Waals surface area contributed by atoms with Crippen molar-refractivity contribution in [2.75, 3.05) is 5.43 Å². The lowest BCUT2D eigenvalue weighted by atomic mass is 9.93. The second-order valence-corrected chi connectivity index (χ2v) is 6.56. The molecule has 6 heteroatoms. The minimum atomic E-state index is -0.817. The van der Waals surface area contributed by atoms with E-state index in [4.69, 9.17) is 0 Å². The van der Waals surface area contributed by atoms with Gasteiger partial charge in [-0.3, -0.25) is 10.2 Å². The van der Waals surface area contributed by atoms with Crippen molar-refractivity contribution in [3.63, 3.8) is 0 Å². The fourth-order valence-electron chi connectivity index (χ4n) is 2.84. The summed E-state index contributed by atoms with van der Waals surface area (Å²) in [4.78, 5) is 12.4. The van der Waals surface area contributed by atoms with Gasteiger partial charge in [-0.15, -0.1) is 11.3 Å². The number of nitrogens with one attached hydrogen (secondary N) is 1. The van der Waals surface area contributed by atoms with Crippen molar-refractivity contribution in [3.05, 3.63) is 52.0 Å². The normalized spacial score (nSPS) is 19.2. The molecule has 4 nitrogen and oxygen atoms in total. The number of aryl methyl sites for hydroxylation is 1. The van der Waals surface area contributed by atoms with Crippen molar-refractivity contribution in [2.24, 2.45) is 11.0 Å². The first kappa shape index (κ1) is 15.7. The molecule has 1 aromatic carbocycles. The summed E-state index contributed by atoms with van der Waals surface area (Å²) in [6, 6.07) is 7.94. The van der Waals surface area contributed by atoms with Gasteiger partial charge in [0.25, 0.3) is 0 Å². The van der Waals surface area contributed by atoms with Gasteiger partial charge in [-0.2, -0.15) is 5.10 Å². The van der Waals surface area contributed by atoms with Crippen LogP contribution in [-0.2, 0) is 11.2 Å². The fourth-order valence-corrected chi connectivity index (χ4v) is 3.77. The first-order valence-electron chi connectivity index (χ1n) is 7.51. The highest BCUT2D eigenvalue weighted by molar-refractivity contribution is 7.10. The molecule has 1 aliphatic rings. The van der Waals surface area contributed by atoms with Crippen LogP contribution < -0.4 is 5.43 Å². The van der Waals surface area contributed by atoms with Crippen molar-refractivity contribution in [3.8, 4) is 0 Å². The number of rotatable bonds is 4. The summed E-state index contributed by atoms with van der Waals surface area (Å²) < 4.78 is 13.0. The minimum absolute atomic E-state index is 0.0687. The second-order valence-electron chi connectivity index (χ2n) is 5.56. The lowest BCUT2D eigenvalue weighted by molar-refractivity contribution is -0.137. The molecule has 23 heavy (non-hydrogen) atoms. The molecular weight excluding hydrogens is 315 g/mol. The highest BCUT2D eigenvalue weighted by atomic mass is 32.1. The van der Waals surface area contributed by atoms with Crippen LogP contribution in [0.3, 0.4) is 0 Å². The van der Waals surface area contributed by atoms with E-state index in [2.05, 4.69) is 10.5 Å². The Balaban J connectivity index is 1.91. The van der Waals surface area contributed by atoms with E-state index in [-0.39, 0.29) is 18.2 Å². The van der Waals surface area contributed by atoms with Crippen molar-refractivity contribution >= 4 is 28.7 Å². The molecule has 0 aliphatic heterocycles. The van der Waals surface area contributed by atoms with Crippen molar-refractivity contribution in [1.82, 2.24) is 0 Å². The van der Waals surface area contributed by atoms with Gasteiger partial charge in [-0.1, -0.05) is 0 Å². The average Bonchev–Trinajstić information content (AvgIpc) is 2.91. The summed E-state index contributed by atoms with van der Waals surface area (Å²) in [5.41, 5.74) is 5.43. The van der Waals surface area contributed by atoms with Crippen LogP contribution in [0.15, 0.2) is 40.8 Å². The molecular formula is C17H17FN2O2S. The predicted molar refractivity (Wildman–Crippen MR) is 89.6 cm³/mol. The van der Waals surface area contributed by atoms with E-state index in [9.17, 15) is 14.3 Å². The average molecular weight is 332 g/mol. The van der Waals surface area contributed by atoms with E-state index in [1.54, 1.807) is 23.5 Å². The third-order valence-corrected chi connectivity index (χ3v) is 4.92. The smallest absolute Gasteiger partial charge is 0.304 e. The van der Waals surface area contributed by atoms with Gasteiger partial charge in [0.1, 0.15) is 5.82 Å². The van der Waals surface area contributed by atoms with Crippen LogP contribution in [-0.4, -0.2) is 16.8 Å². The maximum Gasteiger partial charge on any atom is 0.304 e. The van der Waals surface area contributed by atoms with Gasteiger partial charge in [-0.05, 0) is 55.0 Å². The maximum atomic E-state index is 13.0. The fraction of sp³-hybridized carbons (Fsp3) is 0.294. The molecule has 1 unspecified atom stereocenters. The van der Waals surface area contributed by atoms with Gasteiger partial charge in [0.15, 0.2) is 0 Å². The summed E-state index contributed by atoms with van der Waals surface area (Å²) in [7, 11) is 0. The molecule has 3 rings (SSSR count). The number of benzene rings is 1. The molecule has 0 saturated heterocycles. The van der Waals surface area contributed by atoms with Crippen molar-refractivity contribution in [1.29, 1.82) is 0 Å². The summed E-state index contributed by atoms with van der Waals surface area (Å²) >= 11 is 1.68. The number of thiophene rings is 1. The summed E-state index contributed by atoms with van der Waals surface area (Å²) in [5.74, 6) is -1.24. The van der Waals surface area contributed by atoms with Crippen LogP contribution in [0, 0.1) is 11.7 Å². The molecule has 0 radical (unpaired) electrons. The van der Waals surface area contributed by atoms with Crippen LogP contribution >= 0.6 is 11.3 Å². The Morgan fingerprint density at radius 3 is 2.87 bits per heavy atom. The topological polar surface area (TPSA) is 61.7 Å². The quantitative estimate of drug-likeness (QED) is 0.654. The van der Waals surface area contributed by atoms with Crippen LogP contribution in [0.25, 0.3) is 0 Å². The number of anilines is 1. The Morgan fingerprint density at radius 1 is 1.35 bits per heavy atom. The molecule has 2 aromatic rings. The molecule has 0 fully saturated rings. The number of carboxylic acids is 1. The van der Waals surface area contributed by atoms with Gasteiger partial charge in [0.2, 0.25) is 0 Å². The van der Waals surface area contributed by atoms with Gasteiger partial charge < -0.3 is 5.11 Å². The Hall–Kier alpha value is -2.21. The van der Waals surface area contributed by atoms with Gasteiger partial charge in [0, 0.05) is 16.4 Å². The van der Waals surface area contributed by atoms with Crippen LogP contribution in [0.1, 0.15) is 29.7 Å². The number of carboxylic acid groups (broad SMARTS) is 1. The first-order chi connectivity index (χ1) is 11.1. The number of hydrogen-bond acceptors (Lipinski definition) is 4. The molecule has 0 saturated carbocycles. The number of nitrogens with zero attached hydrogens (tertiary/aromatic N) is 1. The monoisotopic (exact) mass is 332 g/mol. The zero-order valence-electron chi connectivity index (χ0n) is 12.5. The number of halogens is 1. The number of aliphatic carboxylic acids is 1. The molecule has 1 heterocycles. The highest BCUT2D eigenvalue weighted by Gasteiger charge is 2.26. The Morgan fingerprint density at radius 2 is 2.13 bits per heavy atom. The van der Waals surface area contributed by atoms with E-state index in [0.717, 1.165) is 30.5 Å². The van der Waals surface area contributed by atoms with Crippen LogP contribution in [0.2, 0.25) is 0 Å². The molecule has 2 N–H and O–H groups in total. The summed E-state index contributed by atoms with van der Waals surface area (Å²) in [6.45, 7) is 0. The van der Waals surface area contributed by atoms with Crippen molar-refractivity contribution in [2.45, 2.75) is 25.7 Å². The lowest BCUT2D eigenvalue weighted by Gasteiger charge is -2.15. The largest absolute Gasteiger partial charge is 0.481 e. The van der Waals surface area contributed by atoms with Gasteiger partial charge in [-0.25, -0.2) is 4.39 Å². The second kappa shape index (κ2) is 6.91. The van der Waals surface area contributed by atoms with Gasteiger partial charge in [0.05, 0.1) is 17.8 Å². The lowest BCUT2D eigenvalue weighted by Crippen LogP contribution is -2.20. The molecule has 120 valence electrons. The molecule has 0 bridgehead atoms. The Kier molecular flexibility index (Phi) is 4.71. The minimum Gasteiger partial charge on any atom is -0.481 e. The third-order valence-electron chi connectivity index (χ3n) is 3.94. The van der Waals surface area contributed by atoms with E-state index >= 15 is 0 Å². The van der Waals surface area contributed by atoms with E-state index in [1.807, 2.05) is 11.4 Å². The standard InChI is InChI=1S/C17H17FN2O2S/c18-12-4-6-13(7-5-12)19-20-17-11(10-16(21)22)2-1-3-15-14(17)8-9-23-15/h4-9,11,19H,1-3,10H2,(H,21,22)/b20-17+. The van der Waals surface area contributed by atoms with E-state index < -0.39 is 5.97 Å². The van der Waals surface area contributed by atoms with E-state index in [1.165, 1.54) is 17.0 Å². The highest BCUT2D eigenvalue weighted by Crippen LogP contribution is 2.30. The molecule has 0 amide bonds. The first-order valence-corrected chi connectivity index (χ1v) is 8.39.